The van der Waals surface area contributed by atoms with Crippen LogP contribution < -0.4 is 5.43 Å². The second-order valence-electron chi connectivity index (χ2n) is 2.34. The number of rotatable bonds is 0. The van der Waals surface area contributed by atoms with E-state index >= 15 is 0 Å². The van der Waals surface area contributed by atoms with E-state index in [4.69, 9.17) is 4.42 Å². The van der Waals surface area contributed by atoms with Crippen molar-refractivity contribution in [2.75, 3.05) is 0 Å². The molecule has 5 nitrogen and oxygen atoms in total. The molecule has 2 rings (SSSR count). The van der Waals surface area contributed by atoms with E-state index in [-0.39, 0.29) is 16.7 Å². The van der Waals surface area contributed by atoms with Gasteiger partial charge in [-0.05, 0) is 6.92 Å². The number of nitrogens with zero attached hydrogens (tertiary/aromatic N) is 3. The van der Waals surface area contributed by atoms with Gasteiger partial charge < -0.3 is 4.42 Å². The summed E-state index contributed by atoms with van der Waals surface area (Å²) in [6.07, 6.45) is 1.24. The van der Waals surface area contributed by atoms with Crippen molar-refractivity contribution in [2.24, 2.45) is 0 Å². The third kappa shape index (κ3) is 0.952. The van der Waals surface area contributed by atoms with Crippen molar-refractivity contribution in [3.05, 3.63) is 28.4 Å². The molecule has 12 heavy (non-hydrogen) atoms. The number of aryl methyl sites for hydroxylation is 1. The van der Waals surface area contributed by atoms with Gasteiger partial charge in [0, 0.05) is 6.07 Å². The molecular weight excluding hydrogens is 158 g/mol. The van der Waals surface area contributed by atoms with E-state index in [1.165, 1.54) is 12.4 Å². The minimum Gasteiger partial charge on any atom is -0.442 e. The summed E-state index contributed by atoms with van der Waals surface area (Å²) in [5.74, 6) is 0.521. The molecule has 2 heterocycles. The number of fused-ring (bicyclic) bond motifs is 1. The van der Waals surface area contributed by atoms with Crippen LogP contribution in [0, 0.1) is 6.92 Å². The van der Waals surface area contributed by atoms with Crippen molar-refractivity contribution in [1.29, 1.82) is 0 Å². The molecule has 0 saturated heterocycles. The van der Waals surface area contributed by atoms with Crippen molar-refractivity contribution in [1.82, 2.24) is 15.2 Å². The van der Waals surface area contributed by atoms with Gasteiger partial charge >= 0.3 is 0 Å². The summed E-state index contributed by atoms with van der Waals surface area (Å²) in [5, 5.41) is 7.09. The van der Waals surface area contributed by atoms with E-state index in [9.17, 15) is 4.79 Å². The average molecular weight is 163 g/mol. The summed E-state index contributed by atoms with van der Waals surface area (Å²) in [6, 6.07) is 1.36. The molecule has 0 aromatic carbocycles. The largest absolute Gasteiger partial charge is 0.442 e. The summed E-state index contributed by atoms with van der Waals surface area (Å²) < 4.78 is 5.13. The van der Waals surface area contributed by atoms with E-state index in [1.54, 1.807) is 6.92 Å². The molecule has 2 aromatic rings. The minimum atomic E-state index is -0.214. The maximum absolute atomic E-state index is 11.2. The Morgan fingerprint density at radius 3 is 3.17 bits per heavy atom. The van der Waals surface area contributed by atoms with Crippen molar-refractivity contribution in [3.8, 4) is 0 Å². The lowest BCUT2D eigenvalue weighted by molar-refractivity contribution is 0.549. The fraction of sp³-hybridized carbons (Fsp3) is 0.143. The van der Waals surface area contributed by atoms with E-state index in [1.807, 2.05) is 0 Å². The topological polar surface area (TPSA) is 68.9 Å². The normalized spacial score (nSPS) is 10.4. The summed E-state index contributed by atoms with van der Waals surface area (Å²) in [7, 11) is 0. The summed E-state index contributed by atoms with van der Waals surface area (Å²) in [5.41, 5.74) is 0.187. The van der Waals surface area contributed by atoms with E-state index in [2.05, 4.69) is 15.2 Å². The Balaban J connectivity index is 2.99. The Kier molecular flexibility index (Phi) is 1.36. The van der Waals surface area contributed by atoms with Crippen LogP contribution in [0.25, 0.3) is 11.2 Å². The number of hydrogen-bond acceptors (Lipinski definition) is 5. The van der Waals surface area contributed by atoms with E-state index < -0.39 is 0 Å². The van der Waals surface area contributed by atoms with Crippen molar-refractivity contribution >= 4 is 11.2 Å². The van der Waals surface area contributed by atoms with Gasteiger partial charge in [-0.2, -0.15) is 4.98 Å². The van der Waals surface area contributed by atoms with Crippen LogP contribution >= 0.6 is 0 Å². The zero-order valence-electron chi connectivity index (χ0n) is 6.31. The van der Waals surface area contributed by atoms with Crippen LogP contribution in [0.3, 0.4) is 0 Å². The lowest BCUT2D eigenvalue weighted by Gasteiger charge is -1.93. The van der Waals surface area contributed by atoms with Gasteiger partial charge in [0.2, 0.25) is 5.43 Å². The van der Waals surface area contributed by atoms with Gasteiger partial charge in [-0.15, -0.1) is 10.2 Å². The Bertz CT molecular complexity index is 477. The molecule has 0 aliphatic carbocycles. The van der Waals surface area contributed by atoms with Crippen LogP contribution in [0.2, 0.25) is 0 Å². The van der Waals surface area contributed by atoms with Gasteiger partial charge in [-0.1, -0.05) is 0 Å². The molecule has 0 atom stereocenters. The van der Waals surface area contributed by atoms with Crippen LogP contribution in [-0.4, -0.2) is 15.2 Å². The Hall–Kier alpha value is -1.78. The second kappa shape index (κ2) is 2.37. The first-order valence-corrected chi connectivity index (χ1v) is 3.35. The summed E-state index contributed by atoms with van der Waals surface area (Å²) >= 11 is 0. The Labute approximate surface area is 67.1 Å². The average Bonchev–Trinajstić information content (AvgIpc) is 2.04. The molecule has 5 heteroatoms. The first-order chi connectivity index (χ1) is 5.77. The molecule has 0 saturated carbocycles. The van der Waals surface area contributed by atoms with Gasteiger partial charge in [-0.3, -0.25) is 4.79 Å². The highest BCUT2D eigenvalue weighted by molar-refractivity contribution is 5.65. The van der Waals surface area contributed by atoms with Crippen LogP contribution in [0.1, 0.15) is 5.76 Å². The van der Waals surface area contributed by atoms with Gasteiger partial charge in [-0.25, -0.2) is 0 Å². The highest BCUT2D eigenvalue weighted by atomic mass is 16.3. The molecule has 0 amide bonds. The van der Waals surface area contributed by atoms with Gasteiger partial charge in [0.15, 0.2) is 5.52 Å². The zero-order chi connectivity index (χ0) is 8.55. The molecule has 0 radical (unpaired) electrons. The predicted octanol–water partition coefficient (Wildman–Crippen LogP) is 0.286. The molecule has 0 aliphatic rings. The predicted molar refractivity (Wildman–Crippen MR) is 40.6 cm³/mol. The lowest BCUT2D eigenvalue weighted by Crippen LogP contribution is -2.04. The first kappa shape index (κ1) is 6.90. The monoisotopic (exact) mass is 163 g/mol. The molecule has 0 aliphatic heterocycles. The van der Waals surface area contributed by atoms with Crippen LogP contribution in [-0.2, 0) is 0 Å². The lowest BCUT2D eigenvalue weighted by atomic mass is 10.4. The zero-order valence-corrected chi connectivity index (χ0v) is 6.31. The SMILES string of the molecule is Cc1cc(=O)c2nncnc2o1. The standard InChI is InChI=1S/C7H5N3O2/c1-4-2-5(11)6-7(12-4)8-3-9-10-6/h2-3H,1H3. The maximum Gasteiger partial charge on any atom is 0.252 e. The third-order valence-corrected chi connectivity index (χ3v) is 1.41. The van der Waals surface area contributed by atoms with Crippen molar-refractivity contribution < 1.29 is 4.42 Å². The fourth-order valence-electron chi connectivity index (χ4n) is 0.930. The summed E-state index contributed by atoms with van der Waals surface area (Å²) in [6.45, 7) is 1.68. The van der Waals surface area contributed by atoms with E-state index in [0.29, 0.717) is 5.76 Å². The fourth-order valence-corrected chi connectivity index (χ4v) is 0.930. The van der Waals surface area contributed by atoms with E-state index in [0.717, 1.165) is 0 Å². The molecule has 0 unspecified atom stereocenters. The highest BCUT2D eigenvalue weighted by Crippen LogP contribution is 2.03. The van der Waals surface area contributed by atoms with Crippen molar-refractivity contribution in [3.63, 3.8) is 0 Å². The third-order valence-electron chi connectivity index (χ3n) is 1.41. The molecule has 2 aromatic heterocycles. The first-order valence-electron chi connectivity index (χ1n) is 3.35. The molecule has 0 fully saturated rings. The molecule has 60 valence electrons. The maximum atomic E-state index is 11.2. The smallest absolute Gasteiger partial charge is 0.252 e. The molecule has 0 spiro atoms. The van der Waals surface area contributed by atoms with Gasteiger partial charge in [0.25, 0.3) is 5.71 Å². The molecule has 0 N–H and O–H groups in total. The quantitative estimate of drug-likeness (QED) is 0.558. The van der Waals surface area contributed by atoms with Gasteiger partial charge in [0.05, 0.1) is 0 Å². The summed E-state index contributed by atoms with van der Waals surface area (Å²) in [4.78, 5) is 15.0. The second-order valence-corrected chi connectivity index (χ2v) is 2.34. The van der Waals surface area contributed by atoms with Crippen LogP contribution in [0.5, 0.6) is 0 Å². The Morgan fingerprint density at radius 2 is 2.33 bits per heavy atom. The molecular formula is C7H5N3O2. The van der Waals surface area contributed by atoms with Crippen LogP contribution in [0.4, 0.5) is 0 Å². The Morgan fingerprint density at radius 1 is 1.50 bits per heavy atom. The number of aromatic nitrogens is 3. The van der Waals surface area contributed by atoms with Crippen molar-refractivity contribution in [2.45, 2.75) is 6.92 Å². The highest BCUT2D eigenvalue weighted by Gasteiger charge is 2.03. The minimum absolute atomic E-state index is 0.170. The van der Waals surface area contributed by atoms with Gasteiger partial charge in [0.1, 0.15) is 12.1 Å². The number of hydrogen-bond donors (Lipinski definition) is 0. The molecule has 0 bridgehead atoms. The van der Waals surface area contributed by atoms with Crippen LogP contribution in [0.15, 0.2) is 21.6 Å².